The van der Waals surface area contributed by atoms with Crippen LogP contribution in [0.5, 0.6) is 0 Å². The highest BCUT2D eigenvalue weighted by Crippen LogP contribution is 2.25. The number of amides is 2. The minimum Gasteiger partial charge on any atom is -0.353 e. The first-order valence-electron chi connectivity index (χ1n) is 12.3. The van der Waals surface area contributed by atoms with Crippen LogP contribution in [0, 0.1) is 13.8 Å². The molecule has 0 saturated carbocycles. The van der Waals surface area contributed by atoms with Gasteiger partial charge in [0.2, 0.25) is 5.91 Å². The van der Waals surface area contributed by atoms with Crippen molar-refractivity contribution >= 4 is 11.8 Å². The second kappa shape index (κ2) is 10.9. The van der Waals surface area contributed by atoms with Crippen LogP contribution in [0.2, 0.25) is 0 Å². The van der Waals surface area contributed by atoms with E-state index in [-0.39, 0.29) is 17.9 Å². The molecule has 1 aromatic heterocycles. The van der Waals surface area contributed by atoms with E-state index in [4.69, 9.17) is 5.10 Å². The average Bonchev–Trinajstić information content (AvgIpc) is 3.24. The van der Waals surface area contributed by atoms with Crippen molar-refractivity contribution in [3.05, 3.63) is 77.0 Å². The Morgan fingerprint density at radius 2 is 1.51 bits per heavy atom. The molecular weight excluding hydrogens is 438 g/mol. The third-order valence-corrected chi connectivity index (χ3v) is 6.26. The summed E-state index contributed by atoms with van der Waals surface area (Å²) in [5, 5.41) is 7.76. The molecule has 2 heterocycles. The van der Waals surface area contributed by atoms with Crippen molar-refractivity contribution in [3.63, 3.8) is 0 Å². The lowest BCUT2D eigenvalue weighted by atomic mass is 10.1. The smallest absolute Gasteiger partial charge is 0.257 e. The van der Waals surface area contributed by atoms with Crippen molar-refractivity contribution in [1.29, 1.82) is 0 Å². The highest BCUT2D eigenvalue weighted by molar-refractivity contribution is 6.00. The monoisotopic (exact) mass is 473 g/mol. The van der Waals surface area contributed by atoms with E-state index < -0.39 is 0 Å². The van der Waals surface area contributed by atoms with Gasteiger partial charge in [-0.15, -0.1) is 0 Å². The third-order valence-electron chi connectivity index (χ3n) is 6.26. The second-order valence-corrected chi connectivity index (χ2v) is 9.73. The van der Waals surface area contributed by atoms with Gasteiger partial charge in [-0.05, 0) is 33.3 Å². The fourth-order valence-corrected chi connectivity index (χ4v) is 4.31. The molecule has 2 aromatic carbocycles. The summed E-state index contributed by atoms with van der Waals surface area (Å²) >= 11 is 0. The van der Waals surface area contributed by atoms with Gasteiger partial charge in [-0.1, -0.05) is 59.7 Å². The van der Waals surface area contributed by atoms with E-state index in [1.165, 1.54) is 11.1 Å². The van der Waals surface area contributed by atoms with Crippen LogP contribution in [0.1, 0.15) is 40.9 Å². The number of hydrogen-bond acceptors (Lipinski definition) is 4. The van der Waals surface area contributed by atoms with E-state index in [0.29, 0.717) is 50.5 Å². The van der Waals surface area contributed by atoms with Crippen LogP contribution in [0.4, 0.5) is 0 Å². The molecule has 184 valence electrons. The first-order valence-corrected chi connectivity index (χ1v) is 12.3. The highest BCUT2D eigenvalue weighted by atomic mass is 16.2. The number of hydrogen-bond donors (Lipinski definition) is 1. The topological polar surface area (TPSA) is 70.5 Å². The maximum atomic E-state index is 13.6. The number of nitrogens with zero attached hydrogens (tertiary/aromatic N) is 4. The summed E-state index contributed by atoms with van der Waals surface area (Å²) in [7, 11) is 0. The van der Waals surface area contributed by atoms with Crippen molar-refractivity contribution in [2.75, 3.05) is 32.7 Å². The summed E-state index contributed by atoms with van der Waals surface area (Å²) in [5.41, 5.74) is 5.78. The molecule has 4 rings (SSSR count). The molecule has 7 nitrogen and oxygen atoms in total. The maximum absolute atomic E-state index is 13.6. The molecule has 1 N–H and O–H groups in total. The van der Waals surface area contributed by atoms with Crippen LogP contribution in [0.15, 0.2) is 54.7 Å². The van der Waals surface area contributed by atoms with Crippen LogP contribution in [-0.2, 0) is 11.3 Å². The summed E-state index contributed by atoms with van der Waals surface area (Å²) in [5.74, 6) is 0.0147. The number of nitrogens with one attached hydrogen (secondary N) is 1. The van der Waals surface area contributed by atoms with Crippen molar-refractivity contribution < 1.29 is 9.59 Å². The van der Waals surface area contributed by atoms with Gasteiger partial charge in [0.15, 0.2) is 0 Å². The molecular formula is C28H35N5O2. The van der Waals surface area contributed by atoms with E-state index >= 15 is 0 Å². The molecule has 7 heteroatoms. The zero-order chi connectivity index (χ0) is 24.9. The summed E-state index contributed by atoms with van der Waals surface area (Å²) in [6, 6.07) is 16.6. The summed E-state index contributed by atoms with van der Waals surface area (Å²) < 4.78 is 1.86. The first-order chi connectivity index (χ1) is 16.8. The Morgan fingerprint density at radius 1 is 0.914 bits per heavy atom. The lowest BCUT2D eigenvalue weighted by Gasteiger charge is -2.34. The van der Waals surface area contributed by atoms with Gasteiger partial charge >= 0.3 is 0 Å². The fraction of sp³-hybridized carbons (Fsp3) is 0.393. The van der Waals surface area contributed by atoms with Gasteiger partial charge in [-0.2, -0.15) is 5.10 Å². The molecule has 0 radical (unpaired) electrons. The Hall–Kier alpha value is -3.45. The lowest BCUT2D eigenvalue weighted by molar-refractivity contribution is -0.123. The predicted molar refractivity (Wildman–Crippen MR) is 138 cm³/mol. The van der Waals surface area contributed by atoms with Crippen molar-refractivity contribution in [2.45, 2.75) is 40.3 Å². The zero-order valence-corrected chi connectivity index (χ0v) is 21.1. The number of aryl methyl sites for hydroxylation is 2. The molecule has 0 bridgehead atoms. The standard InChI is InChI=1S/C28H35N5O2/c1-20(2)29-26(34)19-31-13-15-32(16-14-31)28(35)25-18-33(17-23-9-5-21(3)6-10-23)30-27(25)24-11-7-22(4)8-12-24/h5-12,18,20H,13-17,19H2,1-4H3,(H,29,34). The fourth-order valence-electron chi connectivity index (χ4n) is 4.31. The van der Waals surface area contributed by atoms with E-state index in [9.17, 15) is 9.59 Å². The number of piperazine rings is 1. The third kappa shape index (κ3) is 6.36. The Kier molecular flexibility index (Phi) is 7.66. The Morgan fingerprint density at radius 3 is 2.11 bits per heavy atom. The molecule has 1 aliphatic heterocycles. The Balaban J connectivity index is 1.51. The van der Waals surface area contributed by atoms with Crippen LogP contribution >= 0.6 is 0 Å². The Labute approximate surface area is 207 Å². The minimum atomic E-state index is -0.0120. The van der Waals surface area contributed by atoms with Crippen LogP contribution in [0.3, 0.4) is 0 Å². The van der Waals surface area contributed by atoms with Crippen LogP contribution in [0.25, 0.3) is 11.3 Å². The van der Waals surface area contributed by atoms with Gasteiger partial charge < -0.3 is 10.2 Å². The van der Waals surface area contributed by atoms with Gasteiger partial charge in [-0.25, -0.2) is 0 Å². The number of carbonyl (C=O) groups is 2. The number of aromatic nitrogens is 2. The molecule has 35 heavy (non-hydrogen) atoms. The highest BCUT2D eigenvalue weighted by Gasteiger charge is 2.27. The van der Waals surface area contributed by atoms with Gasteiger partial charge in [0.05, 0.1) is 18.7 Å². The predicted octanol–water partition coefficient (Wildman–Crippen LogP) is 3.50. The molecule has 1 saturated heterocycles. The molecule has 0 aliphatic carbocycles. The first kappa shape index (κ1) is 24.7. The molecule has 1 fully saturated rings. The Bertz CT molecular complexity index is 1160. The molecule has 0 spiro atoms. The average molecular weight is 474 g/mol. The quantitative estimate of drug-likeness (QED) is 0.570. The van der Waals surface area contributed by atoms with Gasteiger partial charge in [-0.3, -0.25) is 19.2 Å². The molecule has 1 aliphatic rings. The van der Waals surface area contributed by atoms with Crippen molar-refractivity contribution in [1.82, 2.24) is 24.9 Å². The van der Waals surface area contributed by atoms with E-state index in [1.54, 1.807) is 0 Å². The largest absolute Gasteiger partial charge is 0.353 e. The van der Waals surface area contributed by atoms with Crippen molar-refractivity contribution in [2.24, 2.45) is 0 Å². The number of rotatable bonds is 7. The molecule has 0 atom stereocenters. The van der Waals surface area contributed by atoms with E-state index in [2.05, 4.69) is 41.4 Å². The zero-order valence-electron chi connectivity index (χ0n) is 21.1. The van der Waals surface area contributed by atoms with E-state index in [1.807, 2.05) is 60.8 Å². The summed E-state index contributed by atoms with van der Waals surface area (Å²) in [6.45, 7) is 11.5. The SMILES string of the molecule is Cc1ccc(Cn2cc(C(=O)N3CCN(CC(=O)NC(C)C)CC3)c(-c3ccc(C)cc3)n2)cc1. The lowest BCUT2D eigenvalue weighted by Crippen LogP contribution is -2.51. The second-order valence-electron chi connectivity index (χ2n) is 9.73. The van der Waals surface area contributed by atoms with Gasteiger partial charge in [0.25, 0.3) is 5.91 Å². The molecule has 3 aromatic rings. The van der Waals surface area contributed by atoms with Gasteiger partial charge in [0.1, 0.15) is 5.69 Å². The summed E-state index contributed by atoms with van der Waals surface area (Å²) in [6.07, 6.45) is 1.87. The van der Waals surface area contributed by atoms with Crippen molar-refractivity contribution in [3.8, 4) is 11.3 Å². The maximum Gasteiger partial charge on any atom is 0.257 e. The van der Waals surface area contributed by atoms with Crippen LogP contribution < -0.4 is 5.32 Å². The minimum absolute atomic E-state index is 0.0120. The van der Waals surface area contributed by atoms with Gasteiger partial charge in [0, 0.05) is 44.0 Å². The van der Waals surface area contributed by atoms with Crippen LogP contribution in [-0.4, -0.2) is 70.2 Å². The normalized spacial score (nSPS) is 14.4. The van der Waals surface area contributed by atoms with E-state index in [0.717, 1.165) is 11.1 Å². The summed E-state index contributed by atoms with van der Waals surface area (Å²) in [4.78, 5) is 29.7. The molecule has 0 unspecified atom stereocenters. The molecule has 2 amide bonds. The number of carbonyl (C=O) groups excluding carboxylic acids is 2. The number of benzene rings is 2.